The van der Waals surface area contributed by atoms with Gasteiger partial charge in [-0.3, -0.25) is 9.59 Å². The number of hydrogen-bond acceptors (Lipinski definition) is 3. The fourth-order valence-corrected chi connectivity index (χ4v) is 2.39. The number of rotatable bonds is 2. The number of carboxylic acid groups (broad SMARTS) is 1. The summed E-state index contributed by atoms with van der Waals surface area (Å²) in [6.07, 6.45) is 0.723. The van der Waals surface area contributed by atoms with Gasteiger partial charge in [-0.25, -0.2) is 13.6 Å². The van der Waals surface area contributed by atoms with E-state index in [4.69, 9.17) is 5.11 Å². The summed E-state index contributed by atoms with van der Waals surface area (Å²) in [5, 5.41) is 9.02. The van der Waals surface area contributed by atoms with E-state index < -0.39 is 35.5 Å². The van der Waals surface area contributed by atoms with Crippen LogP contribution < -0.4 is 4.90 Å². The summed E-state index contributed by atoms with van der Waals surface area (Å²) >= 11 is 0. The number of anilines is 1. The van der Waals surface area contributed by atoms with Gasteiger partial charge in [0.15, 0.2) is 11.6 Å². The Balaban J connectivity index is 2.22. The lowest BCUT2D eigenvalue weighted by atomic mass is 10.2. The molecule has 0 saturated carbocycles. The second kappa shape index (κ2) is 6.08. The molecule has 1 unspecified atom stereocenters. The fourth-order valence-electron chi connectivity index (χ4n) is 2.39. The van der Waals surface area contributed by atoms with Crippen molar-refractivity contribution in [1.29, 1.82) is 0 Å². The third-order valence-corrected chi connectivity index (χ3v) is 3.58. The second-order valence-electron chi connectivity index (χ2n) is 4.93. The average Bonchev–Trinajstić information content (AvgIpc) is 2.97. The molecule has 0 aromatic heterocycles. The molecule has 1 saturated heterocycles. The Labute approximate surface area is 124 Å². The quantitative estimate of drug-likeness (QED) is 0.827. The first kappa shape index (κ1) is 15.9. The Morgan fingerprint density at radius 3 is 2.64 bits per heavy atom. The van der Waals surface area contributed by atoms with Crippen LogP contribution >= 0.6 is 0 Å². The van der Waals surface area contributed by atoms with Gasteiger partial charge in [-0.2, -0.15) is 0 Å². The molecule has 0 bridgehead atoms. The predicted molar refractivity (Wildman–Crippen MR) is 72.1 cm³/mol. The molecule has 6 nitrogen and oxygen atoms in total. The molecule has 1 atom stereocenters. The van der Waals surface area contributed by atoms with E-state index in [0.717, 1.165) is 24.1 Å². The van der Waals surface area contributed by atoms with Crippen molar-refractivity contribution in [2.24, 2.45) is 0 Å². The van der Waals surface area contributed by atoms with E-state index in [0.29, 0.717) is 11.3 Å². The van der Waals surface area contributed by atoms with Crippen molar-refractivity contribution in [3.63, 3.8) is 0 Å². The zero-order chi connectivity index (χ0) is 16.4. The largest absolute Gasteiger partial charge is 0.480 e. The molecule has 1 aliphatic heterocycles. The number of likely N-dealkylation sites (N-methyl/N-ethyl adjacent to an activating group) is 1. The lowest BCUT2D eigenvalue weighted by molar-refractivity contribution is -0.151. The monoisotopic (exact) mass is 312 g/mol. The Kier molecular flexibility index (Phi) is 4.39. The number of hydrogen-bond donors (Lipinski definition) is 1. The first-order valence-corrected chi connectivity index (χ1v) is 6.60. The van der Waals surface area contributed by atoms with Crippen LogP contribution in [-0.4, -0.2) is 47.4 Å². The molecule has 2 rings (SSSR count). The van der Waals surface area contributed by atoms with Crippen LogP contribution in [0.2, 0.25) is 0 Å². The Bertz CT molecular complexity index is 635. The molecule has 0 spiro atoms. The lowest BCUT2D eigenvalue weighted by Gasteiger charge is -2.24. The SMILES string of the molecule is CN(C(=O)C(=O)N1CCCC1C(=O)O)c1cccc(F)c1F. The summed E-state index contributed by atoms with van der Waals surface area (Å²) in [5.41, 5.74) is -0.385. The Morgan fingerprint density at radius 2 is 2.00 bits per heavy atom. The number of carbonyl (C=O) groups is 3. The van der Waals surface area contributed by atoms with Gasteiger partial charge in [-0.1, -0.05) is 6.07 Å². The van der Waals surface area contributed by atoms with Gasteiger partial charge in [0.05, 0.1) is 5.69 Å². The number of benzene rings is 1. The molecule has 0 aliphatic carbocycles. The van der Waals surface area contributed by atoms with Crippen molar-refractivity contribution >= 4 is 23.5 Å². The van der Waals surface area contributed by atoms with Gasteiger partial charge >= 0.3 is 17.8 Å². The molecule has 0 radical (unpaired) electrons. The highest BCUT2D eigenvalue weighted by molar-refractivity contribution is 6.40. The van der Waals surface area contributed by atoms with Gasteiger partial charge in [0.25, 0.3) is 0 Å². The number of amides is 2. The van der Waals surface area contributed by atoms with Crippen LogP contribution in [0.1, 0.15) is 12.8 Å². The van der Waals surface area contributed by atoms with Gasteiger partial charge in [0.2, 0.25) is 0 Å². The summed E-state index contributed by atoms with van der Waals surface area (Å²) in [4.78, 5) is 36.9. The maximum Gasteiger partial charge on any atom is 0.326 e. The van der Waals surface area contributed by atoms with Crippen molar-refractivity contribution < 1.29 is 28.3 Å². The molecule has 1 aromatic carbocycles. The van der Waals surface area contributed by atoms with E-state index in [9.17, 15) is 23.2 Å². The minimum Gasteiger partial charge on any atom is -0.480 e. The summed E-state index contributed by atoms with van der Waals surface area (Å²) in [7, 11) is 1.13. The van der Waals surface area contributed by atoms with E-state index in [-0.39, 0.29) is 18.7 Å². The summed E-state index contributed by atoms with van der Waals surface area (Å²) in [6, 6.07) is 2.18. The van der Waals surface area contributed by atoms with E-state index in [1.54, 1.807) is 0 Å². The van der Waals surface area contributed by atoms with Crippen LogP contribution in [0.4, 0.5) is 14.5 Å². The third-order valence-electron chi connectivity index (χ3n) is 3.58. The van der Waals surface area contributed by atoms with Gasteiger partial charge in [0, 0.05) is 13.6 Å². The zero-order valence-corrected chi connectivity index (χ0v) is 11.8. The standard InChI is InChI=1S/C14H14F2N2O4/c1-17(9-5-2-4-8(15)11(9)16)12(19)13(20)18-7-3-6-10(18)14(21)22/h2,4-5,10H,3,6-7H2,1H3,(H,21,22). The molecule has 118 valence electrons. The van der Waals surface area contributed by atoms with Crippen molar-refractivity contribution in [2.45, 2.75) is 18.9 Å². The molecule has 1 N–H and O–H groups in total. The van der Waals surface area contributed by atoms with E-state index in [1.165, 1.54) is 6.07 Å². The minimum atomic E-state index is -1.25. The van der Waals surface area contributed by atoms with Crippen molar-refractivity contribution in [2.75, 3.05) is 18.5 Å². The number of likely N-dealkylation sites (tertiary alicyclic amines) is 1. The Hall–Kier alpha value is -2.51. The van der Waals surface area contributed by atoms with Crippen LogP contribution in [0.3, 0.4) is 0 Å². The number of halogens is 2. The highest BCUT2D eigenvalue weighted by Crippen LogP contribution is 2.22. The molecule has 1 aromatic rings. The third kappa shape index (κ3) is 2.76. The lowest BCUT2D eigenvalue weighted by Crippen LogP contribution is -2.48. The molecular weight excluding hydrogens is 298 g/mol. The first-order chi connectivity index (χ1) is 10.3. The number of aliphatic carboxylic acids is 1. The fraction of sp³-hybridized carbons (Fsp3) is 0.357. The van der Waals surface area contributed by atoms with Crippen molar-refractivity contribution in [1.82, 2.24) is 4.90 Å². The van der Waals surface area contributed by atoms with Crippen LogP contribution in [0.5, 0.6) is 0 Å². The van der Waals surface area contributed by atoms with E-state index in [1.807, 2.05) is 0 Å². The number of nitrogens with zero attached hydrogens (tertiary/aromatic N) is 2. The predicted octanol–water partition coefficient (Wildman–Crippen LogP) is 1.00. The number of carboxylic acids is 1. The summed E-state index contributed by atoms with van der Waals surface area (Å²) < 4.78 is 26.9. The van der Waals surface area contributed by atoms with Gasteiger partial charge in [-0.05, 0) is 25.0 Å². The van der Waals surface area contributed by atoms with Gasteiger partial charge < -0.3 is 14.9 Å². The van der Waals surface area contributed by atoms with E-state index >= 15 is 0 Å². The summed E-state index contributed by atoms with van der Waals surface area (Å²) in [5.74, 6) is -5.75. The molecule has 1 aliphatic rings. The van der Waals surface area contributed by atoms with Crippen molar-refractivity contribution in [3.8, 4) is 0 Å². The van der Waals surface area contributed by atoms with Crippen molar-refractivity contribution in [3.05, 3.63) is 29.8 Å². The molecule has 1 heterocycles. The van der Waals surface area contributed by atoms with Crippen LogP contribution in [-0.2, 0) is 14.4 Å². The average molecular weight is 312 g/mol. The van der Waals surface area contributed by atoms with Crippen LogP contribution in [0.25, 0.3) is 0 Å². The molecule has 22 heavy (non-hydrogen) atoms. The normalized spacial score (nSPS) is 17.4. The topological polar surface area (TPSA) is 77.9 Å². The second-order valence-corrected chi connectivity index (χ2v) is 4.93. The molecule has 8 heteroatoms. The molecular formula is C14H14F2N2O4. The zero-order valence-electron chi connectivity index (χ0n) is 11.8. The van der Waals surface area contributed by atoms with E-state index in [2.05, 4.69) is 0 Å². The van der Waals surface area contributed by atoms with Gasteiger partial charge in [0.1, 0.15) is 6.04 Å². The number of carbonyl (C=O) groups excluding carboxylic acids is 2. The Morgan fingerprint density at radius 1 is 1.32 bits per heavy atom. The highest BCUT2D eigenvalue weighted by Gasteiger charge is 2.38. The smallest absolute Gasteiger partial charge is 0.326 e. The van der Waals surface area contributed by atoms with Gasteiger partial charge in [-0.15, -0.1) is 0 Å². The van der Waals surface area contributed by atoms with Crippen LogP contribution in [0.15, 0.2) is 18.2 Å². The summed E-state index contributed by atoms with van der Waals surface area (Å²) in [6.45, 7) is 0.140. The first-order valence-electron chi connectivity index (χ1n) is 6.60. The highest BCUT2D eigenvalue weighted by atomic mass is 19.2. The molecule has 2 amide bonds. The van der Waals surface area contributed by atoms with Crippen LogP contribution in [0, 0.1) is 11.6 Å². The maximum absolute atomic E-state index is 13.7. The minimum absolute atomic E-state index is 0.140. The molecule has 1 fully saturated rings. The maximum atomic E-state index is 13.7.